The summed E-state index contributed by atoms with van der Waals surface area (Å²) in [5.41, 5.74) is 0. The number of unbranched alkanes of at least 4 members (excludes halogenated alkanes) is 12. The fourth-order valence-corrected chi connectivity index (χ4v) is 4.79. The molecule has 0 aromatic heterocycles. The average Bonchev–Trinajstić information content (AvgIpc) is 2.68. The summed E-state index contributed by atoms with van der Waals surface area (Å²) in [6.45, 7) is 7.32. The van der Waals surface area contributed by atoms with E-state index in [-0.39, 0.29) is 0 Å². The van der Waals surface area contributed by atoms with Crippen molar-refractivity contribution in [1.29, 1.82) is 0 Å². The summed E-state index contributed by atoms with van der Waals surface area (Å²) < 4.78 is 17.3. The van der Waals surface area contributed by atoms with Gasteiger partial charge in [0.2, 0.25) is 0 Å². The number of hydrogen-bond acceptors (Lipinski definition) is 3. The molecule has 4 heteroatoms. The molecule has 1 rings (SSSR count). The van der Waals surface area contributed by atoms with Crippen LogP contribution in [0.1, 0.15) is 90.4 Å². The Morgan fingerprint density at radius 3 is 1.54 bits per heavy atom. The topological polar surface area (TPSA) is 27.7 Å². The summed E-state index contributed by atoms with van der Waals surface area (Å²) in [5, 5.41) is 0. The van der Waals surface area contributed by atoms with Gasteiger partial charge in [0.25, 0.3) is 0 Å². The summed E-state index contributed by atoms with van der Waals surface area (Å²) in [5.74, 6) is 1.71. The fraction of sp³-hybridized carbons (Fsp3) is 0.750. The monoisotopic (exact) mass is 408 g/mol. The van der Waals surface area contributed by atoms with Crippen LogP contribution < -0.4 is 9.16 Å². The second-order valence-electron chi connectivity index (χ2n) is 8.27. The van der Waals surface area contributed by atoms with Gasteiger partial charge in [-0.1, -0.05) is 84.0 Å². The summed E-state index contributed by atoms with van der Waals surface area (Å²) in [6, 6.07) is 7.74. The average molecular weight is 409 g/mol. The molecule has 0 saturated heterocycles. The van der Waals surface area contributed by atoms with Crippen LogP contribution in [-0.2, 0) is 4.43 Å². The van der Waals surface area contributed by atoms with Crippen LogP contribution in [0.2, 0.25) is 13.1 Å². The van der Waals surface area contributed by atoms with Gasteiger partial charge in [0.05, 0.1) is 7.11 Å². The van der Waals surface area contributed by atoms with Gasteiger partial charge in [-0.25, -0.2) is 0 Å². The van der Waals surface area contributed by atoms with E-state index in [1.807, 2.05) is 24.3 Å². The Hall–Kier alpha value is -1.00. The first-order valence-electron chi connectivity index (χ1n) is 11.5. The van der Waals surface area contributed by atoms with Crippen LogP contribution >= 0.6 is 0 Å². The molecule has 1 aromatic carbocycles. The molecule has 0 radical (unpaired) electrons. The number of rotatable bonds is 18. The Labute approximate surface area is 175 Å². The van der Waals surface area contributed by atoms with Crippen LogP contribution in [0.5, 0.6) is 11.5 Å². The summed E-state index contributed by atoms with van der Waals surface area (Å²) in [4.78, 5) is 0. The minimum Gasteiger partial charge on any atom is -0.520 e. The number of ether oxygens (including phenoxy) is 1. The smallest absolute Gasteiger partial charge is 0.392 e. The van der Waals surface area contributed by atoms with Crippen LogP contribution in [0.15, 0.2) is 24.3 Å². The third-order valence-corrected chi connectivity index (χ3v) is 6.75. The molecule has 0 unspecified atom stereocenters. The maximum atomic E-state index is 6.08. The molecular formula is C24H44O3Si. The predicted octanol–water partition coefficient (Wildman–Crippen LogP) is 7.88. The van der Waals surface area contributed by atoms with Crippen LogP contribution in [0.25, 0.3) is 0 Å². The molecule has 28 heavy (non-hydrogen) atoms. The van der Waals surface area contributed by atoms with E-state index in [0.29, 0.717) is 0 Å². The van der Waals surface area contributed by atoms with Crippen LogP contribution in [-0.4, -0.2) is 22.3 Å². The standard InChI is InChI=1S/C24H44O3Si/c1-5-6-7-8-9-10-11-12-13-14-15-16-17-22-26-28(3,4)27-24-20-18-23(25-2)19-21-24/h18-21H,5-17,22H2,1-4H3. The molecule has 3 nitrogen and oxygen atoms in total. The fourth-order valence-electron chi connectivity index (χ4n) is 3.39. The SMILES string of the molecule is CCCCCCCCCCCCCCCO[Si](C)(C)Oc1ccc(OC)cc1. The number of methoxy groups -OCH3 is 1. The maximum Gasteiger partial charge on any atom is 0.392 e. The van der Waals surface area contributed by atoms with E-state index >= 15 is 0 Å². The van der Waals surface area contributed by atoms with E-state index in [1.165, 1.54) is 77.0 Å². The van der Waals surface area contributed by atoms with Crippen molar-refractivity contribution in [1.82, 2.24) is 0 Å². The van der Waals surface area contributed by atoms with Crippen molar-refractivity contribution < 1.29 is 13.6 Å². The van der Waals surface area contributed by atoms with Gasteiger partial charge < -0.3 is 13.6 Å². The Morgan fingerprint density at radius 2 is 1.07 bits per heavy atom. The van der Waals surface area contributed by atoms with Gasteiger partial charge in [0, 0.05) is 6.61 Å². The second kappa shape index (κ2) is 15.9. The minimum absolute atomic E-state index is 0.813. The van der Waals surface area contributed by atoms with Gasteiger partial charge in [-0.05, 0) is 43.8 Å². The lowest BCUT2D eigenvalue weighted by Crippen LogP contribution is -2.38. The van der Waals surface area contributed by atoms with Crippen LogP contribution in [0, 0.1) is 0 Å². The number of hydrogen-bond donors (Lipinski definition) is 0. The highest BCUT2D eigenvalue weighted by atomic mass is 28.4. The zero-order valence-electron chi connectivity index (χ0n) is 18.9. The van der Waals surface area contributed by atoms with E-state index in [1.54, 1.807) is 7.11 Å². The zero-order valence-corrected chi connectivity index (χ0v) is 19.9. The van der Waals surface area contributed by atoms with Crippen LogP contribution in [0.3, 0.4) is 0 Å². The molecule has 0 aliphatic heterocycles. The van der Waals surface area contributed by atoms with Crippen molar-refractivity contribution in [3.63, 3.8) is 0 Å². The molecule has 162 valence electrons. The Morgan fingerprint density at radius 1 is 0.643 bits per heavy atom. The molecule has 0 saturated carbocycles. The molecule has 0 fully saturated rings. The first kappa shape index (κ1) is 25.0. The van der Waals surface area contributed by atoms with E-state index < -0.39 is 8.56 Å². The third-order valence-electron chi connectivity index (χ3n) is 5.12. The zero-order chi connectivity index (χ0) is 20.5. The molecule has 0 aliphatic carbocycles. The van der Waals surface area contributed by atoms with Crippen molar-refractivity contribution in [3.05, 3.63) is 24.3 Å². The summed E-state index contributed by atoms with van der Waals surface area (Å²) in [6.07, 6.45) is 17.9. The molecule has 1 aromatic rings. The Bertz CT molecular complexity index is 473. The van der Waals surface area contributed by atoms with E-state index in [2.05, 4.69) is 20.0 Å². The first-order valence-corrected chi connectivity index (χ1v) is 14.4. The molecule has 0 heterocycles. The molecule has 0 bridgehead atoms. The lowest BCUT2D eigenvalue weighted by molar-refractivity contribution is 0.240. The van der Waals surface area contributed by atoms with Crippen molar-refractivity contribution >= 4 is 8.56 Å². The van der Waals surface area contributed by atoms with Gasteiger partial charge >= 0.3 is 8.56 Å². The number of benzene rings is 1. The molecule has 0 spiro atoms. The van der Waals surface area contributed by atoms with Gasteiger partial charge in [-0.15, -0.1) is 0 Å². The van der Waals surface area contributed by atoms with E-state index in [4.69, 9.17) is 13.6 Å². The molecule has 0 N–H and O–H groups in total. The van der Waals surface area contributed by atoms with Crippen molar-refractivity contribution in [2.45, 2.75) is 103 Å². The van der Waals surface area contributed by atoms with Gasteiger partial charge in [-0.2, -0.15) is 0 Å². The largest absolute Gasteiger partial charge is 0.520 e. The van der Waals surface area contributed by atoms with Gasteiger partial charge in [0.1, 0.15) is 11.5 Å². The van der Waals surface area contributed by atoms with Gasteiger partial charge in [0.15, 0.2) is 0 Å². The van der Waals surface area contributed by atoms with Crippen LogP contribution in [0.4, 0.5) is 0 Å². The van der Waals surface area contributed by atoms with Crippen molar-refractivity contribution in [2.75, 3.05) is 13.7 Å². The first-order chi connectivity index (χ1) is 13.6. The van der Waals surface area contributed by atoms with E-state index in [9.17, 15) is 0 Å². The van der Waals surface area contributed by atoms with Crippen molar-refractivity contribution in [3.8, 4) is 11.5 Å². The highest BCUT2D eigenvalue weighted by Crippen LogP contribution is 2.21. The third kappa shape index (κ3) is 13.2. The Kier molecular flexibility index (Phi) is 14.2. The predicted molar refractivity (Wildman–Crippen MR) is 123 cm³/mol. The highest BCUT2D eigenvalue weighted by Gasteiger charge is 2.26. The quantitative estimate of drug-likeness (QED) is 0.182. The van der Waals surface area contributed by atoms with Gasteiger partial charge in [-0.3, -0.25) is 0 Å². The molecule has 0 amide bonds. The molecular weight excluding hydrogens is 364 g/mol. The minimum atomic E-state index is -2.12. The Balaban J connectivity index is 1.94. The molecule has 0 atom stereocenters. The summed E-state index contributed by atoms with van der Waals surface area (Å²) >= 11 is 0. The maximum absolute atomic E-state index is 6.08. The lowest BCUT2D eigenvalue weighted by Gasteiger charge is -2.24. The van der Waals surface area contributed by atoms with E-state index in [0.717, 1.165) is 24.5 Å². The summed E-state index contributed by atoms with van der Waals surface area (Å²) in [7, 11) is -0.441. The normalized spacial score (nSPS) is 11.6. The second-order valence-corrected chi connectivity index (χ2v) is 11.6. The lowest BCUT2D eigenvalue weighted by atomic mass is 10.0. The molecule has 0 aliphatic rings. The highest BCUT2D eigenvalue weighted by molar-refractivity contribution is 6.65. The van der Waals surface area contributed by atoms with Crippen molar-refractivity contribution in [2.24, 2.45) is 0 Å².